The molecule has 2 aromatic rings. The van der Waals surface area contributed by atoms with E-state index in [2.05, 4.69) is 5.16 Å². The summed E-state index contributed by atoms with van der Waals surface area (Å²) < 4.78 is 10.8. The molecule has 96 valence electrons. The topological polar surface area (TPSA) is 61.3 Å². The van der Waals surface area contributed by atoms with Crippen molar-refractivity contribution in [3.63, 3.8) is 0 Å². The van der Waals surface area contributed by atoms with Crippen molar-refractivity contribution in [1.29, 1.82) is 0 Å². The highest BCUT2D eigenvalue weighted by Gasteiger charge is 2.09. The lowest BCUT2D eigenvalue weighted by molar-refractivity contribution is 0.301. The van der Waals surface area contributed by atoms with Crippen LogP contribution in [0.2, 0.25) is 0 Å². The molecule has 0 spiro atoms. The summed E-state index contributed by atoms with van der Waals surface area (Å²) in [5.41, 5.74) is 8.63. The summed E-state index contributed by atoms with van der Waals surface area (Å²) in [5, 5.41) is 3.90. The van der Waals surface area contributed by atoms with Crippen LogP contribution in [0.3, 0.4) is 0 Å². The van der Waals surface area contributed by atoms with Crippen LogP contribution in [0.4, 0.5) is 0 Å². The molecule has 0 aliphatic heterocycles. The molecule has 2 rings (SSSR count). The molecule has 0 aliphatic rings. The van der Waals surface area contributed by atoms with E-state index in [1.54, 1.807) is 0 Å². The molecule has 1 aromatic heterocycles. The van der Waals surface area contributed by atoms with Crippen LogP contribution in [-0.2, 0) is 13.0 Å². The van der Waals surface area contributed by atoms with Crippen molar-refractivity contribution in [2.45, 2.75) is 26.9 Å². The van der Waals surface area contributed by atoms with Crippen molar-refractivity contribution < 1.29 is 9.26 Å². The Kier molecular flexibility index (Phi) is 3.99. The Morgan fingerprint density at radius 2 is 1.94 bits per heavy atom. The second-order valence-electron chi connectivity index (χ2n) is 4.27. The fourth-order valence-electron chi connectivity index (χ4n) is 1.78. The van der Waals surface area contributed by atoms with E-state index < -0.39 is 0 Å². The molecule has 1 aromatic carbocycles. The van der Waals surface area contributed by atoms with Crippen LogP contribution in [0.25, 0.3) is 0 Å². The van der Waals surface area contributed by atoms with E-state index in [0.29, 0.717) is 13.2 Å². The van der Waals surface area contributed by atoms with Crippen molar-refractivity contribution in [3.8, 4) is 5.75 Å². The van der Waals surface area contributed by atoms with Gasteiger partial charge in [-0.3, -0.25) is 0 Å². The van der Waals surface area contributed by atoms with E-state index in [-0.39, 0.29) is 0 Å². The van der Waals surface area contributed by atoms with Gasteiger partial charge in [-0.15, -0.1) is 0 Å². The lowest BCUT2D eigenvalue weighted by atomic mass is 10.1. The number of nitrogens with two attached hydrogens (primary N) is 1. The maximum Gasteiger partial charge on any atom is 0.140 e. The first-order valence-electron chi connectivity index (χ1n) is 6.04. The van der Waals surface area contributed by atoms with Gasteiger partial charge in [-0.25, -0.2) is 0 Å². The molecule has 0 fully saturated rings. The SMILES string of the molecule is Cc1noc(C)c1COc1ccc(CCN)cc1. The maximum absolute atomic E-state index is 5.71. The first-order valence-corrected chi connectivity index (χ1v) is 6.04. The van der Waals surface area contributed by atoms with E-state index >= 15 is 0 Å². The van der Waals surface area contributed by atoms with Gasteiger partial charge in [-0.05, 0) is 44.5 Å². The third-order valence-electron chi connectivity index (χ3n) is 2.92. The fourth-order valence-corrected chi connectivity index (χ4v) is 1.78. The molecule has 0 aliphatic carbocycles. The second kappa shape index (κ2) is 5.69. The highest BCUT2D eigenvalue weighted by Crippen LogP contribution is 2.17. The molecule has 0 atom stereocenters. The lowest BCUT2D eigenvalue weighted by Gasteiger charge is -2.06. The predicted octanol–water partition coefficient (Wildman–Crippen LogP) is 2.37. The molecule has 0 amide bonds. The van der Waals surface area contributed by atoms with Crippen LogP contribution >= 0.6 is 0 Å². The molecule has 18 heavy (non-hydrogen) atoms. The summed E-state index contributed by atoms with van der Waals surface area (Å²) in [6, 6.07) is 8.00. The highest BCUT2D eigenvalue weighted by molar-refractivity contribution is 5.28. The average molecular weight is 246 g/mol. The largest absolute Gasteiger partial charge is 0.489 e. The summed E-state index contributed by atoms with van der Waals surface area (Å²) in [6.07, 6.45) is 0.893. The van der Waals surface area contributed by atoms with Gasteiger partial charge in [0.05, 0.1) is 11.3 Å². The van der Waals surface area contributed by atoms with E-state index in [0.717, 1.165) is 29.2 Å². The number of aryl methyl sites for hydroxylation is 2. The zero-order valence-corrected chi connectivity index (χ0v) is 10.8. The molecular formula is C14H18N2O2. The Balaban J connectivity index is 1.98. The van der Waals surface area contributed by atoms with Crippen LogP contribution in [-0.4, -0.2) is 11.7 Å². The molecule has 0 radical (unpaired) electrons. The Bertz CT molecular complexity index is 484. The van der Waals surface area contributed by atoms with E-state index in [1.165, 1.54) is 5.56 Å². The third-order valence-corrected chi connectivity index (χ3v) is 2.92. The summed E-state index contributed by atoms with van der Waals surface area (Å²) in [5.74, 6) is 1.66. The third kappa shape index (κ3) is 2.90. The highest BCUT2D eigenvalue weighted by atomic mass is 16.5. The molecule has 0 saturated heterocycles. The number of nitrogens with zero attached hydrogens (tertiary/aromatic N) is 1. The molecule has 0 bridgehead atoms. The van der Waals surface area contributed by atoms with Crippen molar-refractivity contribution in [1.82, 2.24) is 5.16 Å². The molecule has 4 heteroatoms. The Labute approximate surface area is 107 Å². The van der Waals surface area contributed by atoms with Gasteiger partial charge in [-0.2, -0.15) is 0 Å². The number of aromatic nitrogens is 1. The Morgan fingerprint density at radius 3 is 2.50 bits per heavy atom. The Morgan fingerprint density at radius 1 is 1.22 bits per heavy atom. The molecule has 4 nitrogen and oxygen atoms in total. The smallest absolute Gasteiger partial charge is 0.140 e. The quantitative estimate of drug-likeness (QED) is 0.879. The first-order chi connectivity index (χ1) is 8.70. The van der Waals surface area contributed by atoms with Gasteiger partial charge in [0.2, 0.25) is 0 Å². The van der Waals surface area contributed by atoms with Crippen LogP contribution < -0.4 is 10.5 Å². The van der Waals surface area contributed by atoms with Crippen LogP contribution in [0.5, 0.6) is 5.75 Å². The minimum absolute atomic E-state index is 0.484. The zero-order chi connectivity index (χ0) is 13.0. The molecule has 0 saturated carbocycles. The number of rotatable bonds is 5. The summed E-state index contributed by atoms with van der Waals surface area (Å²) >= 11 is 0. The van der Waals surface area contributed by atoms with E-state index in [4.69, 9.17) is 15.0 Å². The summed E-state index contributed by atoms with van der Waals surface area (Å²) in [4.78, 5) is 0. The van der Waals surface area contributed by atoms with E-state index in [9.17, 15) is 0 Å². The maximum atomic E-state index is 5.71. The molecular weight excluding hydrogens is 228 g/mol. The minimum atomic E-state index is 0.484. The van der Waals surface area contributed by atoms with Crippen molar-refractivity contribution in [2.24, 2.45) is 5.73 Å². The standard InChI is InChI=1S/C14H18N2O2/c1-10-14(11(2)18-16-10)9-17-13-5-3-12(4-6-13)7-8-15/h3-6H,7-9,15H2,1-2H3. The summed E-state index contributed by atoms with van der Waals surface area (Å²) in [6.45, 7) is 4.96. The normalized spacial score (nSPS) is 10.6. The zero-order valence-electron chi connectivity index (χ0n) is 10.8. The number of hydrogen-bond donors (Lipinski definition) is 1. The van der Waals surface area contributed by atoms with Gasteiger partial charge in [0.15, 0.2) is 0 Å². The second-order valence-corrected chi connectivity index (χ2v) is 4.27. The van der Waals surface area contributed by atoms with Crippen molar-refractivity contribution >= 4 is 0 Å². The van der Waals surface area contributed by atoms with Gasteiger partial charge in [0.25, 0.3) is 0 Å². The van der Waals surface area contributed by atoms with Gasteiger partial charge >= 0.3 is 0 Å². The van der Waals surface area contributed by atoms with Gasteiger partial charge in [0, 0.05) is 0 Å². The van der Waals surface area contributed by atoms with E-state index in [1.807, 2.05) is 38.1 Å². The molecule has 0 unspecified atom stereocenters. The number of benzene rings is 1. The summed E-state index contributed by atoms with van der Waals surface area (Å²) in [7, 11) is 0. The molecule has 2 N–H and O–H groups in total. The van der Waals surface area contributed by atoms with Crippen LogP contribution in [0, 0.1) is 13.8 Å². The average Bonchev–Trinajstić information content (AvgIpc) is 2.69. The monoisotopic (exact) mass is 246 g/mol. The lowest BCUT2D eigenvalue weighted by Crippen LogP contribution is -2.02. The fraction of sp³-hybridized carbons (Fsp3) is 0.357. The first kappa shape index (κ1) is 12.6. The Hall–Kier alpha value is -1.81. The molecule has 1 heterocycles. The predicted molar refractivity (Wildman–Crippen MR) is 69.5 cm³/mol. The minimum Gasteiger partial charge on any atom is -0.489 e. The van der Waals surface area contributed by atoms with Crippen molar-refractivity contribution in [3.05, 3.63) is 46.8 Å². The van der Waals surface area contributed by atoms with Crippen LogP contribution in [0.15, 0.2) is 28.8 Å². The number of hydrogen-bond acceptors (Lipinski definition) is 4. The van der Waals surface area contributed by atoms with Gasteiger partial charge < -0.3 is 15.0 Å². The van der Waals surface area contributed by atoms with Gasteiger partial charge in [-0.1, -0.05) is 17.3 Å². The van der Waals surface area contributed by atoms with Crippen molar-refractivity contribution in [2.75, 3.05) is 6.54 Å². The van der Waals surface area contributed by atoms with Gasteiger partial charge in [0.1, 0.15) is 18.1 Å². The van der Waals surface area contributed by atoms with Crippen LogP contribution in [0.1, 0.15) is 22.6 Å². The number of ether oxygens (including phenoxy) is 1.